The maximum Gasteiger partial charge on any atom is 0.0694 e. The SMILES string of the molecule is CCc1cc(CC)n(-c2ccc(Cl)cc2CNC)n1. The Morgan fingerprint density at radius 2 is 2.00 bits per heavy atom. The van der Waals surface area contributed by atoms with E-state index in [1.54, 1.807) is 0 Å². The van der Waals surface area contributed by atoms with Gasteiger partial charge in [-0.15, -0.1) is 0 Å². The number of hydrogen-bond donors (Lipinski definition) is 1. The maximum absolute atomic E-state index is 6.09. The van der Waals surface area contributed by atoms with Crippen molar-refractivity contribution in [3.05, 3.63) is 46.2 Å². The van der Waals surface area contributed by atoms with Crippen molar-refractivity contribution in [3.8, 4) is 5.69 Å². The molecule has 0 unspecified atom stereocenters. The number of aromatic nitrogens is 2. The summed E-state index contributed by atoms with van der Waals surface area (Å²) in [5, 5.41) is 8.63. The lowest BCUT2D eigenvalue weighted by Gasteiger charge is -2.12. The highest BCUT2D eigenvalue weighted by Gasteiger charge is 2.11. The van der Waals surface area contributed by atoms with Crippen LogP contribution in [0.2, 0.25) is 5.02 Å². The Hall–Kier alpha value is -1.32. The van der Waals surface area contributed by atoms with Crippen molar-refractivity contribution in [2.75, 3.05) is 7.05 Å². The smallest absolute Gasteiger partial charge is 0.0694 e. The predicted molar refractivity (Wildman–Crippen MR) is 80.1 cm³/mol. The molecule has 2 rings (SSSR count). The van der Waals surface area contributed by atoms with E-state index in [2.05, 4.69) is 30.3 Å². The van der Waals surface area contributed by atoms with Crippen LogP contribution in [-0.4, -0.2) is 16.8 Å². The van der Waals surface area contributed by atoms with Crippen molar-refractivity contribution in [1.82, 2.24) is 15.1 Å². The lowest BCUT2D eigenvalue weighted by atomic mass is 10.1. The summed E-state index contributed by atoms with van der Waals surface area (Å²) in [5.41, 5.74) is 4.63. The molecule has 0 bridgehead atoms. The standard InChI is InChI=1S/C15H20ClN3/c1-4-13-9-14(5-2)19(18-13)15-7-6-12(16)8-11(15)10-17-3/h6-9,17H,4-5,10H2,1-3H3. The second-order valence-corrected chi connectivity index (χ2v) is 4.99. The Morgan fingerprint density at radius 3 is 2.63 bits per heavy atom. The summed E-state index contributed by atoms with van der Waals surface area (Å²) in [4.78, 5) is 0. The molecular weight excluding hydrogens is 258 g/mol. The first kappa shape index (κ1) is 14.1. The summed E-state index contributed by atoms with van der Waals surface area (Å²) >= 11 is 6.09. The van der Waals surface area contributed by atoms with Crippen LogP contribution in [0.15, 0.2) is 24.3 Å². The molecule has 102 valence electrons. The summed E-state index contributed by atoms with van der Waals surface area (Å²) in [6, 6.07) is 8.14. The van der Waals surface area contributed by atoms with Gasteiger partial charge in [-0.2, -0.15) is 5.10 Å². The monoisotopic (exact) mass is 277 g/mol. The normalized spacial score (nSPS) is 10.9. The van der Waals surface area contributed by atoms with Crippen LogP contribution >= 0.6 is 11.6 Å². The van der Waals surface area contributed by atoms with Gasteiger partial charge in [0.25, 0.3) is 0 Å². The molecule has 4 heteroatoms. The molecule has 1 aromatic carbocycles. The Kier molecular flexibility index (Phi) is 4.61. The van der Waals surface area contributed by atoms with Crippen LogP contribution in [0.5, 0.6) is 0 Å². The van der Waals surface area contributed by atoms with Gasteiger partial charge < -0.3 is 5.32 Å². The zero-order valence-corrected chi connectivity index (χ0v) is 12.5. The molecule has 0 aliphatic carbocycles. The molecule has 0 saturated carbocycles. The first-order valence-corrected chi connectivity index (χ1v) is 7.08. The van der Waals surface area contributed by atoms with Crippen molar-refractivity contribution in [2.45, 2.75) is 33.2 Å². The van der Waals surface area contributed by atoms with E-state index in [9.17, 15) is 0 Å². The number of benzene rings is 1. The topological polar surface area (TPSA) is 29.9 Å². The number of halogens is 1. The minimum Gasteiger partial charge on any atom is -0.316 e. The van der Waals surface area contributed by atoms with E-state index in [-0.39, 0.29) is 0 Å². The van der Waals surface area contributed by atoms with Gasteiger partial charge in [-0.05, 0) is 49.7 Å². The van der Waals surface area contributed by atoms with Crippen LogP contribution in [0.4, 0.5) is 0 Å². The molecule has 0 fully saturated rings. The van der Waals surface area contributed by atoms with Crippen LogP contribution in [-0.2, 0) is 19.4 Å². The third-order valence-corrected chi connectivity index (χ3v) is 3.43. The Labute approximate surface area is 119 Å². The first-order chi connectivity index (χ1) is 9.19. The highest BCUT2D eigenvalue weighted by molar-refractivity contribution is 6.30. The maximum atomic E-state index is 6.09. The molecule has 0 aliphatic heterocycles. The van der Waals surface area contributed by atoms with E-state index in [0.717, 1.165) is 41.4 Å². The Bertz CT molecular complexity index is 561. The highest BCUT2D eigenvalue weighted by atomic mass is 35.5. The molecule has 0 aliphatic rings. The summed E-state index contributed by atoms with van der Waals surface area (Å²) in [6.07, 6.45) is 1.92. The van der Waals surface area contributed by atoms with Crippen LogP contribution < -0.4 is 5.32 Å². The third kappa shape index (κ3) is 2.99. The lowest BCUT2D eigenvalue weighted by Crippen LogP contribution is -2.11. The minimum absolute atomic E-state index is 0.759. The van der Waals surface area contributed by atoms with Crippen LogP contribution in [0.1, 0.15) is 30.8 Å². The van der Waals surface area contributed by atoms with Gasteiger partial charge in [-0.1, -0.05) is 25.4 Å². The van der Waals surface area contributed by atoms with Gasteiger partial charge in [0.1, 0.15) is 0 Å². The molecule has 0 spiro atoms. The second-order valence-electron chi connectivity index (χ2n) is 4.55. The van der Waals surface area contributed by atoms with Crippen molar-refractivity contribution >= 4 is 11.6 Å². The Balaban J connectivity index is 2.53. The van der Waals surface area contributed by atoms with E-state index in [1.165, 1.54) is 5.69 Å². The molecule has 0 radical (unpaired) electrons. The molecular formula is C15H20ClN3. The fourth-order valence-corrected chi connectivity index (χ4v) is 2.40. The van der Waals surface area contributed by atoms with E-state index < -0.39 is 0 Å². The van der Waals surface area contributed by atoms with Gasteiger partial charge >= 0.3 is 0 Å². The lowest BCUT2D eigenvalue weighted by molar-refractivity contribution is 0.758. The zero-order valence-electron chi connectivity index (χ0n) is 11.7. The van der Waals surface area contributed by atoms with E-state index >= 15 is 0 Å². The molecule has 3 nitrogen and oxygen atoms in total. The number of aryl methyl sites for hydroxylation is 2. The van der Waals surface area contributed by atoms with Crippen LogP contribution in [0.25, 0.3) is 5.69 Å². The molecule has 19 heavy (non-hydrogen) atoms. The molecule has 0 atom stereocenters. The number of hydrogen-bond acceptors (Lipinski definition) is 2. The highest BCUT2D eigenvalue weighted by Crippen LogP contribution is 2.22. The predicted octanol–water partition coefficient (Wildman–Crippen LogP) is 3.37. The molecule has 1 heterocycles. The third-order valence-electron chi connectivity index (χ3n) is 3.20. The van der Waals surface area contributed by atoms with Crippen molar-refractivity contribution < 1.29 is 0 Å². The largest absolute Gasteiger partial charge is 0.316 e. The number of rotatable bonds is 5. The quantitative estimate of drug-likeness (QED) is 0.908. The van der Waals surface area contributed by atoms with Crippen LogP contribution in [0, 0.1) is 0 Å². The molecule has 1 N–H and O–H groups in total. The van der Waals surface area contributed by atoms with E-state index in [1.807, 2.05) is 29.9 Å². The Morgan fingerprint density at radius 1 is 1.21 bits per heavy atom. The molecule has 0 saturated heterocycles. The van der Waals surface area contributed by atoms with Gasteiger partial charge in [-0.25, -0.2) is 4.68 Å². The summed E-state index contributed by atoms with van der Waals surface area (Å²) in [7, 11) is 1.94. The minimum atomic E-state index is 0.759. The van der Waals surface area contributed by atoms with Crippen molar-refractivity contribution in [1.29, 1.82) is 0 Å². The van der Waals surface area contributed by atoms with E-state index in [0.29, 0.717) is 0 Å². The van der Waals surface area contributed by atoms with Gasteiger partial charge in [-0.3, -0.25) is 0 Å². The van der Waals surface area contributed by atoms with Gasteiger partial charge in [0.05, 0.1) is 11.4 Å². The van der Waals surface area contributed by atoms with Gasteiger partial charge in [0, 0.05) is 17.3 Å². The van der Waals surface area contributed by atoms with Crippen molar-refractivity contribution in [3.63, 3.8) is 0 Å². The summed E-state index contributed by atoms with van der Waals surface area (Å²) in [6.45, 7) is 5.06. The van der Waals surface area contributed by atoms with E-state index in [4.69, 9.17) is 11.6 Å². The molecule has 0 amide bonds. The average Bonchev–Trinajstić information content (AvgIpc) is 2.82. The fourth-order valence-electron chi connectivity index (χ4n) is 2.20. The first-order valence-electron chi connectivity index (χ1n) is 6.70. The van der Waals surface area contributed by atoms with Gasteiger partial charge in [0.2, 0.25) is 0 Å². The summed E-state index contributed by atoms with van der Waals surface area (Å²) in [5.74, 6) is 0. The molecule has 2 aromatic rings. The fraction of sp³-hybridized carbons (Fsp3) is 0.400. The number of nitrogens with one attached hydrogen (secondary N) is 1. The van der Waals surface area contributed by atoms with Crippen molar-refractivity contribution in [2.24, 2.45) is 0 Å². The zero-order chi connectivity index (χ0) is 13.8. The van der Waals surface area contributed by atoms with Gasteiger partial charge in [0.15, 0.2) is 0 Å². The summed E-state index contributed by atoms with van der Waals surface area (Å²) < 4.78 is 2.04. The second kappa shape index (κ2) is 6.22. The molecule has 1 aromatic heterocycles. The average molecular weight is 278 g/mol. The number of nitrogens with zero attached hydrogens (tertiary/aromatic N) is 2. The van der Waals surface area contributed by atoms with Crippen LogP contribution in [0.3, 0.4) is 0 Å².